The molecule has 21 heavy (non-hydrogen) atoms. The molecule has 2 N–H and O–H groups in total. The van der Waals surface area contributed by atoms with Crippen LogP contribution in [0.2, 0.25) is 0 Å². The number of piperidine rings is 1. The highest BCUT2D eigenvalue weighted by atomic mass is 32.2. The van der Waals surface area contributed by atoms with E-state index in [1.807, 2.05) is 0 Å². The molecule has 1 unspecified atom stereocenters. The summed E-state index contributed by atoms with van der Waals surface area (Å²) < 4.78 is 31.2. The van der Waals surface area contributed by atoms with Crippen molar-refractivity contribution in [3.05, 3.63) is 11.8 Å². The second kappa shape index (κ2) is 5.74. The predicted molar refractivity (Wildman–Crippen MR) is 73.2 cm³/mol. The van der Waals surface area contributed by atoms with Crippen molar-refractivity contribution in [1.82, 2.24) is 14.5 Å². The number of H-pyrrole nitrogens is 1. The standard InChI is InChI=1S/C12H19N3O5S/c1-3-20-11(16)9-7-13-14-10(9)21(18,19)15-6-4-5-12(2,17)8-15/h7,17H,3-6,8H2,1-2H3,(H,13,14). The molecule has 0 radical (unpaired) electrons. The summed E-state index contributed by atoms with van der Waals surface area (Å²) in [4.78, 5) is 11.8. The van der Waals surface area contributed by atoms with E-state index in [1.54, 1.807) is 13.8 Å². The Bertz CT molecular complexity index is 623. The van der Waals surface area contributed by atoms with Crippen LogP contribution >= 0.6 is 0 Å². The van der Waals surface area contributed by atoms with Crippen LogP contribution in [0.15, 0.2) is 11.2 Å². The molecule has 8 nitrogen and oxygen atoms in total. The molecule has 0 aliphatic carbocycles. The number of nitrogens with one attached hydrogen (secondary N) is 1. The number of aromatic nitrogens is 2. The van der Waals surface area contributed by atoms with Gasteiger partial charge in [0.2, 0.25) is 0 Å². The van der Waals surface area contributed by atoms with Gasteiger partial charge in [-0.1, -0.05) is 0 Å². The van der Waals surface area contributed by atoms with Gasteiger partial charge in [-0.25, -0.2) is 13.2 Å². The number of carbonyl (C=O) groups excluding carboxylic acids is 1. The summed E-state index contributed by atoms with van der Waals surface area (Å²) in [6.07, 6.45) is 2.22. The number of carbonyl (C=O) groups is 1. The minimum absolute atomic E-state index is 0.0172. The van der Waals surface area contributed by atoms with Crippen LogP contribution in [0.3, 0.4) is 0 Å². The Kier molecular flexibility index (Phi) is 4.35. The molecule has 1 aromatic rings. The Labute approximate surface area is 123 Å². The number of hydrogen-bond acceptors (Lipinski definition) is 6. The van der Waals surface area contributed by atoms with Gasteiger partial charge < -0.3 is 9.84 Å². The maximum Gasteiger partial charge on any atom is 0.342 e. The number of hydrogen-bond donors (Lipinski definition) is 2. The second-order valence-electron chi connectivity index (χ2n) is 5.27. The van der Waals surface area contributed by atoms with Gasteiger partial charge >= 0.3 is 5.97 Å². The summed E-state index contributed by atoms with van der Waals surface area (Å²) in [5.41, 5.74) is -1.20. The highest BCUT2D eigenvalue weighted by Gasteiger charge is 2.38. The summed E-state index contributed by atoms with van der Waals surface area (Å²) in [5.74, 6) is -0.742. The molecule has 118 valence electrons. The molecule has 9 heteroatoms. The zero-order valence-electron chi connectivity index (χ0n) is 12.0. The Balaban J connectivity index is 2.32. The molecule has 0 aromatic carbocycles. The third kappa shape index (κ3) is 3.25. The van der Waals surface area contributed by atoms with E-state index in [1.165, 1.54) is 0 Å². The van der Waals surface area contributed by atoms with Crippen LogP contribution in [0.25, 0.3) is 0 Å². The average molecular weight is 317 g/mol. The fourth-order valence-corrected chi connectivity index (χ4v) is 3.99. The largest absolute Gasteiger partial charge is 0.462 e. The van der Waals surface area contributed by atoms with E-state index in [0.29, 0.717) is 19.4 Å². The van der Waals surface area contributed by atoms with Crippen LogP contribution in [0, 0.1) is 0 Å². The van der Waals surface area contributed by atoms with Gasteiger partial charge in [0.15, 0.2) is 5.03 Å². The van der Waals surface area contributed by atoms with Crippen molar-refractivity contribution in [2.45, 2.75) is 37.3 Å². The minimum atomic E-state index is -3.93. The zero-order chi connectivity index (χ0) is 15.7. The summed E-state index contributed by atoms with van der Waals surface area (Å²) in [6.45, 7) is 3.64. The topological polar surface area (TPSA) is 113 Å². The van der Waals surface area contributed by atoms with Crippen molar-refractivity contribution in [3.8, 4) is 0 Å². The lowest BCUT2D eigenvalue weighted by atomic mass is 9.97. The summed E-state index contributed by atoms with van der Waals surface area (Å²) in [7, 11) is -3.93. The van der Waals surface area contributed by atoms with Crippen LogP contribution in [0.5, 0.6) is 0 Å². The van der Waals surface area contributed by atoms with Crippen LogP contribution in [-0.4, -0.2) is 59.3 Å². The average Bonchev–Trinajstić information content (AvgIpc) is 2.87. The lowest BCUT2D eigenvalue weighted by molar-refractivity contribution is 0.00932. The monoisotopic (exact) mass is 317 g/mol. The lowest BCUT2D eigenvalue weighted by Crippen LogP contribution is -2.48. The van der Waals surface area contributed by atoms with Crippen molar-refractivity contribution < 1.29 is 23.1 Å². The van der Waals surface area contributed by atoms with E-state index >= 15 is 0 Å². The van der Waals surface area contributed by atoms with Gasteiger partial charge in [-0.05, 0) is 26.7 Å². The zero-order valence-corrected chi connectivity index (χ0v) is 12.8. The SMILES string of the molecule is CCOC(=O)c1cn[nH]c1S(=O)(=O)N1CCCC(C)(O)C1. The molecule has 1 atom stereocenters. The van der Waals surface area contributed by atoms with Gasteiger partial charge in [0, 0.05) is 13.1 Å². The van der Waals surface area contributed by atoms with E-state index in [9.17, 15) is 18.3 Å². The molecule has 1 aliphatic rings. The first-order valence-electron chi connectivity index (χ1n) is 6.71. The first kappa shape index (κ1) is 15.9. The van der Waals surface area contributed by atoms with Crippen LogP contribution in [-0.2, 0) is 14.8 Å². The van der Waals surface area contributed by atoms with Gasteiger partial charge in [0.05, 0.1) is 18.4 Å². The summed E-state index contributed by atoms with van der Waals surface area (Å²) >= 11 is 0. The van der Waals surface area contributed by atoms with Crippen LogP contribution in [0.4, 0.5) is 0 Å². The fourth-order valence-electron chi connectivity index (χ4n) is 2.33. The first-order chi connectivity index (χ1) is 9.78. The molecule has 1 aliphatic heterocycles. The van der Waals surface area contributed by atoms with E-state index in [4.69, 9.17) is 4.74 Å². The van der Waals surface area contributed by atoms with Gasteiger partial charge in [-0.2, -0.15) is 9.40 Å². The minimum Gasteiger partial charge on any atom is -0.462 e. The summed E-state index contributed by atoms with van der Waals surface area (Å²) in [5, 5.41) is 15.7. The number of β-amino-alcohol motifs (C(OH)–C–C–N with tert-alkyl or cyclic N) is 1. The summed E-state index contributed by atoms with van der Waals surface area (Å²) in [6, 6.07) is 0. The van der Waals surface area contributed by atoms with Crippen molar-refractivity contribution in [3.63, 3.8) is 0 Å². The van der Waals surface area contributed by atoms with Crippen molar-refractivity contribution in [2.24, 2.45) is 0 Å². The van der Waals surface area contributed by atoms with Gasteiger partial charge in [0.1, 0.15) is 5.56 Å². The van der Waals surface area contributed by atoms with E-state index < -0.39 is 21.6 Å². The number of aromatic amines is 1. The van der Waals surface area contributed by atoms with E-state index in [-0.39, 0.29) is 23.7 Å². The lowest BCUT2D eigenvalue weighted by Gasteiger charge is -2.35. The Morgan fingerprint density at radius 2 is 2.33 bits per heavy atom. The third-order valence-electron chi connectivity index (χ3n) is 3.34. The van der Waals surface area contributed by atoms with E-state index in [0.717, 1.165) is 10.5 Å². The molecule has 2 rings (SSSR count). The Morgan fingerprint density at radius 1 is 1.62 bits per heavy atom. The molecule has 0 saturated carbocycles. The third-order valence-corrected chi connectivity index (χ3v) is 5.16. The first-order valence-corrected chi connectivity index (χ1v) is 8.15. The fraction of sp³-hybridized carbons (Fsp3) is 0.667. The number of rotatable bonds is 4. The van der Waals surface area contributed by atoms with Crippen molar-refractivity contribution in [1.29, 1.82) is 0 Å². The molecular weight excluding hydrogens is 298 g/mol. The number of esters is 1. The van der Waals surface area contributed by atoms with Gasteiger partial charge in [-0.3, -0.25) is 5.10 Å². The second-order valence-corrected chi connectivity index (χ2v) is 7.15. The van der Waals surface area contributed by atoms with Crippen LogP contribution in [0.1, 0.15) is 37.0 Å². The van der Waals surface area contributed by atoms with Gasteiger partial charge in [0.25, 0.3) is 10.0 Å². The normalized spacial score (nSPS) is 24.0. The maximum atomic E-state index is 12.6. The Morgan fingerprint density at radius 3 is 2.95 bits per heavy atom. The number of ether oxygens (including phenoxy) is 1. The van der Waals surface area contributed by atoms with Gasteiger partial charge in [-0.15, -0.1) is 0 Å². The number of nitrogens with zero attached hydrogens (tertiary/aromatic N) is 2. The maximum absolute atomic E-state index is 12.6. The molecule has 2 heterocycles. The molecule has 0 spiro atoms. The Hall–Kier alpha value is -1.45. The molecular formula is C12H19N3O5S. The molecule has 1 fully saturated rings. The number of sulfonamides is 1. The quantitative estimate of drug-likeness (QED) is 0.763. The number of aliphatic hydroxyl groups is 1. The highest BCUT2D eigenvalue weighted by Crippen LogP contribution is 2.26. The molecule has 0 amide bonds. The molecule has 0 bridgehead atoms. The molecule has 1 aromatic heterocycles. The predicted octanol–water partition coefficient (Wildman–Crippen LogP) is 0.122. The van der Waals surface area contributed by atoms with Crippen molar-refractivity contribution >= 4 is 16.0 Å². The van der Waals surface area contributed by atoms with E-state index in [2.05, 4.69) is 10.2 Å². The molecule has 1 saturated heterocycles. The van der Waals surface area contributed by atoms with Crippen molar-refractivity contribution in [2.75, 3.05) is 19.7 Å². The highest BCUT2D eigenvalue weighted by molar-refractivity contribution is 7.89. The van der Waals surface area contributed by atoms with Crippen LogP contribution < -0.4 is 0 Å². The smallest absolute Gasteiger partial charge is 0.342 e.